The van der Waals surface area contributed by atoms with Gasteiger partial charge in [-0.2, -0.15) is 0 Å². The molecule has 0 aliphatic heterocycles. The summed E-state index contributed by atoms with van der Waals surface area (Å²) in [7, 11) is -4.38. The maximum absolute atomic E-state index is 11.3. The molecule has 1 amide bonds. The molecule has 0 heterocycles. The molecule has 0 bridgehead atoms. The van der Waals surface area contributed by atoms with E-state index in [4.69, 9.17) is 20.6 Å². The molecule has 0 saturated carbocycles. The number of carbonyl (C=O) groups is 2. The molecule has 0 aromatic heterocycles. The van der Waals surface area contributed by atoms with Crippen molar-refractivity contribution < 1.29 is 29.0 Å². The number of nitrogens with one attached hydrogen (secondary N) is 1. The normalized spacial score (nSPS) is 15.1. The fourth-order valence-corrected chi connectivity index (χ4v) is 1.88. The molecule has 0 saturated heterocycles. The van der Waals surface area contributed by atoms with Crippen LogP contribution < -0.4 is 11.1 Å². The zero-order valence-electron chi connectivity index (χ0n) is 9.37. The third-order valence-electron chi connectivity index (χ3n) is 2.12. The minimum Gasteiger partial charge on any atom is -0.480 e. The first kappa shape index (κ1) is 16.1. The van der Waals surface area contributed by atoms with E-state index in [1.165, 1.54) is 6.92 Å². The molecule has 0 aromatic rings. The van der Waals surface area contributed by atoms with Crippen molar-refractivity contribution in [3.63, 3.8) is 0 Å². The Balaban J connectivity index is 4.18. The van der Waals surface area contributed by atoms with E-state index in [0.717, 1.165) is 0 Å². The highest BCUT2D eigenvalue weighted by molar-refractivity contribution is 7.52. The van der Waals surface area contributed by atoms with E-state index in [9.17, 15) is 14.2 Å². The maximum Gasteiger partial charge on any atom is 0.347 e. The van der Waals surface area contributed by atoms with Crippen molar-refractivity contribution in [3.05, 3.63) is 0 Å². The van der Waals surface area contributed by atoms with Crippen LogP contribution in [0.25, 0.3) is 0 Å². The van der Waals surface area contributed by atoms with Crippen molar-refractivity contribution in [2.75, 3.05) is 0 Å². The van der Waals surface area contributed by atoms with Crippen LogP contribution in [-0.2, 0) is 14.2 Å². The zero-order chi connectivity index (χ0) is 13.6. The van der Waals surface area contributed by atoms with Gasteiger partial charge in [0.1, 0.15) is 11.8 Å². The molecule has 0 radical (unpaired) electrons. The first-order valence-corrected chi connectivity index (χ1v) is 6.69. The van der Waals surface area contributed by atoms with Gasteiger partial charge in [0.2, 0.25) is 5.91 Å². The van der Waals surface area contributed by atoms with E-state index in [-0.39, 0.29) is 19.3 Å². The Hall–Kier alpha value is -0.950. The number of amides is 1. The van der Waals surface area contributed by atoms with Gasteiger partial charge in [-0.3, -0.25) is 14.2 Å². The van der Waals surface area contributed by atoms with Crippen LogP contribution in [0.3, 0.4) is 0 Å². The summed E-state index contributed by atoms with van der Waals surface area (Å²) in [6.07, 6.45) is -0.191. The van der Waals surface area contributed by atoms with Gasteiger partial charge in [0.15, 0.2) is 0 Å². The molecule has 1 unspecified atom stereocenters. The summed E-state index contributed by atoms with van der Waals surface area (Å²) in [5, 5.41) is 10.6. The van der Waals surface area contributed by atoms with E-state index in [2.05, 4.69) is 5.32 Å². The number of nitrogens with two attached hydrogens (primary N) is 1. The second kappa shape index (κ2) is 6.70. The third kappa shape index (κ3) is 6.38. The van der Waals surface area contributed by atoms with E-state index in [1.54, 1.807) is 0 Å². The fraction of sp³-hybridized carbons (Fsp3) is 0.750. The van der Waals surface area contributed by atoms with Crippen molar-refractivity contribution >= 4 is 19.5 Å². The van der Waals surface area contributed by atoms with Crippen LogP contribution in [0.5, 0.6) is 0 Å². The Labute approximate surface area is 98.4 Å². The lowest BCUT2D eigenvalue weighted by Gasteiger charge is -2.18. The Morgan fingerprint density at radius 2 is 1.94 bits per heavy atom. The van der Waals surface area contributed by atoms with E-state index >= 15 is 0 Å². The third-order valence-corrected chi connectivity index (χ3v) is 3.43. The SMILES string of the molecule is CCC(NC(=O)CC[C@H](N)C(=O)O)P(=O)(O)O. The minimum atomic E-state index is -4.38. The van der Waals surface area contributed by atoms with Crippen LogP contribution >= 0.6 is 7.60 Å². The highest BCUT2D eigenvalue weighted by Crippen LogP contribution is 2.41. The predicted molar refractivity (Wildman–Crippen MR) is 59.1 cm³/mol. The number of carboxylic acids is 1. The smallest absolute Gasteiger partial charge is 0.347 e. The average Bonchev–Trinajstić information content (AvgIpc) is 2.20. The minimum absolute atomic E-state index is 0.0843. The number of carboxylic acid groups (broad SMARTS) is 1. The molecule has 17 heavy (non-hydrogen) atoms. The zero-order valence-corrected chi connectivity index (χ0v) is 10.3. The van der Waals surface area contributed by atoms with Crippen LogP contribution in [0.2, 0.25) is 0 Å². The molecular weight excluding hydrogens is 251 g/mol. The van der Waals surface area contributed by atoms with Gasteiger partial charge in [0, 0.05) is 6.42 Å². The molecular formula is C8H17N2O6P. The van der Waals surface area contributed by atoms with Gasteiger partial charge in [-0.25, -0.2) is 0 Å². The predicted octanol–water partition coefficient (Wildman–Crippen LogP) is -0.791. The lowest BCUT2D eigenvalue weighted by Crippen LogP contribution is -2.36. The van der Waals surface area contributed by atoms with E-state index in [0.29, 0.717) is 0 Å². The summed E-state index contributed by atoms with van der Waals surface area (Å²) in [5.41, 5.74) is 5.18. The fourth-order valence-electron chi connectivity index (χ4n) is 1.09. The lowest BCUT2D eigenvalue weighted by atomic mass is 10.1. The molecule has 0 aliphatic rings. The van der Waals surface area contributed by atoms with Crippen LogP contribution in [0.1, 0.15) is 26.2 Å². The van der Waals surface area contributed by atoms with Crippen molar-refractivity contribution in [2.45, 2.75) is 38.0 Å². The Bertz CT molecular complexity index is 328. The quantitative estimate of drug-likeness (QED) is 0.379. The molecule has 0 fully saturated rings. The van der Waals surface area contributed by atoms with Crippen molar-refractivity contribution in [1.82, 2.24) is 5.32 Å². The number of carbonyl (C=O) groups excluding carboxylic acids is 1. The van der Waals surface area contributed by atoms with Crippen LogP contribution in [-0.4, -0.2) is 38.6 Å². The molecule has 0 aliphatic carbocycles. The van der Waals surface area contributed by atoms with E-state index < -0.39 is 31.3 Å². The molecule has 6 N–H and O–H groups in total. The van der Waals surface area contributed by atoms with Gasteiger partial charge in [0.25, 0.3) is 0 Å². The number of hydrogen-bond acceptors (Lipinski definition) is 4. The molecule has 9 heteroatoms. The second-order valence-corrected chi connectivity index (χ2v) is 5.37. The maximum atomic E-state index is 11.3. The average molecular weight is 268 g/mol. The lowest BCUT2D eigenvalue weighted by molar-refractivity contribution is -0.138. The second-order valence-electron chi connectivity index (χ2n) is 3.56. The Kier molecular flexibility index (Phi) is 6.33. The molecule has 2 atom stereocenters. The summed E-state index contributed by atoms with van der Waals surface area (Å²) in [6.45, 7) is 1.52. The summed E-state index contributed by atoms with van der Waals surface area (Å²) in [6, 6.07) is -1.16. The molecule has 8 nitrogen and oxygen atoms in total. The number of hydrogen-bond donors (Lipinski definition) is 5. The molecule has 0 spiro atoms. The molecule has 0 aromatic carbocycles. The Morgan fingerprint density at radius 3 is 2.29 bits per heavy atom. The highest BCUT2D eigenvalue weighted by atomic mass is 31.2. The van der Waals surface area contributed by atoms with Gasteiger partial charge in [-0.15, -0.1) is 0 Å². The van der Waals surface area contributed by atoms with Crippen LogP contribution in [0, 0.1) is 0 Å². The van der Waals surface area contributed by atoms with Gasteiger partial charge < -0.3 is 25.9 Å². The summed E-state index contributed by atoms with van der Waals surface area (Å²) in [5.74, 6) is -3.09. The Morgan fingerprint density at radius 1 is 1.41 bits per heavy atom. The highest BCUT2D eigenvalue weighted by Gasteiger charge is 2.28. The largest absolute Gasteiger partial charge is 0.480 e. The van der Waals surface area contributed by atoms with Crippen molar-refractivity contribution in [1.29, 1.82) is 0 Å². The first-order chi connectivity index (χ1) is 7.68. The van der Waals surface area contributed by atoms with Gasteiger partial charge in [-0.1, -0.05) is 6.92 Å². The van der Waals surface area contributed by atoms with Crippen molar-refractivity contribution in [2.24, 2.45) is 5.73 Å². The topological polar surface area (TPSA) is 150 Å². The standard InChI is InChI=1S/C8H17N2O6P/c1-2-7(17(14,15)16)10-6(11)4-3-5(9)8(12)13/h5,7H,2-4,9H2,1H3,(H,10,11)(H,12,13)(H2,14,15,16)/t5-,7?/m0/s1. The van der Waals surface area contributed by atoms with Crippen LogP contribution in [0.4, 0.5) is 0 Å². The van der Waals surface area contributed by atoms with E-state index in [1.807, 2.05) is 0 Å². The monoisotopic (exact) mass is 268 g/mol. The number of rotatable bonds is 7. The molecule has 0 rings (SSSR count). The summed E-state index contributed by atoms with van der Waals surface area (Å²) >= 11 is 0. The van der Waals surface area contributed by atoms with Crippen molar-refractivity contribution in [3.8, 4) is 0 Å². The number of aliphatic carboxylic acids is 1. The van der Waals surface area contributed by atoms with Gasteiger partial charge in [-0.05, 0) is 12.8 Å². The van der Waals surface area contributed by atoms with Gasteiger partial charge >= 0.3 is 13.6 Å². The summed E-state index contributed by atoms with van der Waals surface area (Å²) in [4.78, 5) is 39.4. The first-order valence-electron chi connectivity index (χ1n) is 5.01. The van der Waals surface area contributed by atoms with Gasteiger partial charge in [0.05, 0.1) is 0 Å². The summed E-state index contributed by atoms with van der Waals surface area (Å²) < 4.78 is 10.9. The molecule has 100 valence electrons. The van der Waals surface area contributed by atoms with Crippen LogP contribution in [0.15, 0.2) is 0 Å².